The van der Waals surface area contributed by atoms with Crippen molar-refractivity contribution in [3.63, 3.8) is 0 Å². The van der Waals surface area contributed by atoms with Gasteiger partial charge in [0.15, 0.2) is 0 Å². The highest BCUT2D eigenvalue weighted by molar-refractivity contribution is 7.99. The minimum Gasteiger partial charge on any atom is -0.383 e. The number of hydrogen-bond acceptors (Lipinski definition) is 5. The summed E-state index contributed by atoms with van der Waals surface area (Å²) < 4.78 is 0. The van der Waals surface area contributed by atoms with E-state index < -0.39 is 4.92 Å². The summed E-state index contributed by atoms with van der Waals surface area (Å²) in [7, 11) is 0. The van der Waals surface area contributed by atoms with Crippen molar-refractivity contribution < 1.29 is 9.72 Å². The van der Waals surface area contributed by atoms with Gasteiger partial charge in [0, 0.05) is 30.9 Å². The standard InChI is InChI=1S/C11H15N3O3S/c1-18-8-11(15)13-7-6-12-9-2-4-10(5-3-9)14(16)17/h2-5,12H,6-8H2,1H3,(H,13,15). The van der Waals surface area contributed by atoms with E-state index >= 15 is 0 Å². The second-order valence-corrected chi connectivity index (χ2v) is 4.38. The molecule has 0 aliphatic carbocycles. The summed E-state index contributed by atoms with van der Waals surface area (Å²) in [5, 5.41) is 16.3. The molecule has 0 saturated carbocycles. The molecule has 0 radical (unpaired) electrons. The van der Waals surface area contributed by atoms with Crippen LogP contribution in [0.4, 0.5) is 11.4 Å². The maximum Gasteiger partial charge on any atom is 0.269 e. The zero-order valence-electron chi connectivity index (χ0n) is 10.0. The van der Waals surface area contributed by atoms with Gasteiger partial charge in [-0.1, -0.05) is 0 Å². The lowest BCUT2D eigenvalue weighted by Gasteiger charge is -2.07. The van der Waals surface area contributed by atoms with Crippen LogP contribution in [0, 0.1) is 10.1 Å². The van der Waals surface area contributed by atoms with E-state index in [0.717, 1.165) is 5.69 Å². The number of anilines is 1. The largest absolute Gasteiger partial charge is 0.383 e. The van der Waals surface area contributed by atoms with Crippen molar-refractivity contribution in [2.75, 3.05) is 30.4 Å². The predicted molar refractivity (Wildman–Crippen MR) is 73.0 cm³/mol. The van der Waals surface area contributed by atoms with E-state index in [-0.39, 0.29) is 11.6 Å². The fourth-order valence-electron chi connectivity index (χ4n) is 1.29. The SMILES string of the molecule is CSCC(=O)NCCNc1ccc([N+](=O)[O-])cc1. The normalized spacial score (nSPS) is 9.83. The summed E-state index contributed by atoms with van der Waals surface area (Å²) >= 11 is 1.47. The van der Waals surface area contributed by atoms with Crippen molar-refractivity contribution in [2.24, 2.45) is 0 Å². The van der Waals surface area contributed by atoms with Crippen LogP contribution < -0.4 is 10.6 Å². The Bertz CT molecular complexity index is 408. The number of nitro groups is 1. The Morgan fingerprint density at radius 1 is 1.33 bits per heavy atom. The lowest BCUT2D eigenvalue weighted by atomic mass is 10.3. The topological polar surface area (TPSA) is 84.3 Å². The number of non-ortho nitro benzene ring substituents is 1. The average Bonchev–Trinajstić information content (AvgIpc) is 2.35. The molecule has 0 aliphatic rings. The molecule has 0 unspecified atom stereocenters. The summed E-state index contributed by atoms with van der Waals surface area (Å²) in [6, 6.07) is 6.16. The molecule has 1 rings (SSSR count). The number of nitrogens with one attached hydrogen (secondary N) is 2. The summed E-state index contributed by atoms with van der Waals surface area (Å²) in [6.07, 6.45) is 1.87. The van der Waals surface area contributed by atoms with Gasteiger partial charge in [-0.15, -0.1) is 0 Å². The van der Waals surface area contributed by atoms with Crippen LogP contribution in [0.5, 0.6) is 0 Å². The molecule has 98 valence electrons. The second kappa shape index (κ2) is 7.54. The molecule has 0 heterocycles. The Morgan fingerprint density at radius 3 is 2.56 bits per heavy atom. The number of benzene rings is 1. The first-order chi connectivity index (χ1) is 8.63. The molecule has 6 nitrogen and oxygen atoms in total. The van der Waals surface area contributed by atoms with Crippen LogP contribution in [0.1, 0.15) is 0 Å². The Hall–Kier alpha value is -1.76. The van der Waals surface area contributed by atoms with Crippen molar-refractivity contribution in [3.8, 4) is 0 Å². The van der Waals surface area contributed by atoms with Gasteiger partial charge in [0.2, 0.25) is 5.91 Å². The molecule has 18 heavy (non-hydrogen) atoms. The Morgan fingerprint density at radius 2 is 2.00 bits per heavy atom. The third-order valence-corrected chi connectivity index (χ3v) is 2.68. The Balaban J connectivity index is 2.27. The number of carbonyl (C=O) groups excluding carboxylic acids is 1. The van der Waals surface area contributed by atoms with Gasteiger partial charge in [0.25, 0.3) is 5.69 Å². The van der Waals surface area contributed by atoms with E-state index in [1.165, 1.54) is 23.9 Å². The van der Waals surface area contributed by atoms with Gasteiger partial charge in [-0.05, 0) is 18.4 Å². The first-order valence-electron chi connectivity index (χ1n) is 5.37. The maximum absolute atomic E-state index is 11.1. The van der Waals surface area contributed by atoms with E-state index in [1.807, 2.05) is 6.26 Å². The van der Waals surface area contributed by atoms with Gasteiger partial charge in [0.05, 0.1) is 10.7 Å². The molecule has 0 aromatic heterocycles. The van der Waals surface area contributed by atoms with Gasteiger partial charge in [-0.3, -0.25) is 14.9 Å². The zero-order valence-corrected chi connectivity index (χ0v) is 10.8. The van der Waals surface area contributed by atoms with Crippen molar-refractivity contribution >= 4 is 29.0 Å². The van der Waals surface area contributed by atoms with Crippen LogP contribution in [0.2, 0.25) is 0 Å². The summed E-state index contributed by atoms with van der Waals surface area (Å²) in [5.41, 5.74) is 0.855. The molecular formula is C11H15N3O3S. The van der Waals surface area contributed by atoms with E-state index in [4.69, 9.17) is 0 Å². The smallest absolute Gasteiger partial charge is 0.269 e. The van der Waals surface area contributed by atoms with Crippen molar-refractivity contribution in [2.45, 2.75) is 0 Å². The second-order valence-electron chi connectivity index (χ2n) is 3.51. The Kier molecular flexibility index (Phi) is 5.99. The first-order valence-corrected chi connectivity index (χ1v) is 6.77. The minimum atomic E-state index is -0.438. The van der Waals surface area contributed by atoms with Crippen LogP contribution in [0.15, 0.2) is 24.3 Å². The highest BCUT2D eigenvalue weighted by Crippen LogP contribution is 2.14. The monoisotopic (exact) mass is 269 g/mol. The fourth-order valence-corrected chi connectivity index (χ4v) is 1.66. The van der Waals surface area contributed by atoms with E-state index in [0.29, 0.717) is 18.8 Å². The first kappa shape index (κ1) is 14.3. The van der Waals surface area contributed by atoms with E-state index in [9.17, 15) is 14.9 Å². The highest BCUT2D eigenvalue weighted by atomic mass is 32.2. The summed E-state index contributed by atoms with van der Waals surface area (Å²) in [6.45, 7) is 1.11. The molecular weight excluding hydrogens is 254 g/mol. The third kappa shape index (κ3) is 5.05. The lowest BCUT2D eigenvalue weighted by Crippen LogP contribution is -2.29. The molecule has 0 saturated heterocycles. The molecule has 0 bridgehead atoms. The van der Waals surface area contributed by atoms with Gasteiger partial charge >= 0.3 is 0 Å². The molecule has 1 aromatic carbocycles. The maximum atomic E-state index is 11.1. The lowest BCUT2D eigenvalue weighted by molar-refractivity contribution is -0.384. The van der Waals surface area contributed by atoms with Crippen LogP contribution in [-0.4, -0.2) is 35.9 Å². The zero-order chi connectivity index (χ0) is 13.4. The molecule has 2 N–H and O–H groups in total. The molecule has 0 spiro atoms. The molecule has 7 heteroatoms. The van der Waals surface area contributed by atoms with E-state index in [1.54, 1.807) is 12.1 Å². The number of nitro benzene ring substituents is 1. The number of rotatable bonds is 7. The summed E-state index contributed by atoms with van der Waals surface area (Å²) in [5.74, 6) is 0.463. The molecule has 0 aliphatic heterocycles. The molecule has 0 atom stereocenters. The number of carbonyl (C=O) groups is 1. The van der Waals surface area contributed by atoms with Gasteiger partial charge < -0.3 is 10.6 Å². The number of nitrogens with zero attached hydrogens (tertiary/aromatic N) is 1. The number of amides is 1. The van der Waals surface area contributed by atoms with Crippen molar-refractivity contribution in [1.82, 2.24) is 5.32 Å². The minimum absolute atomic E-state index is 0.00741. The summed E-state index contributed by atoms with van der Waals surface area (Å²) in [4.78, 5) is 21.1. The number of thioether (sulfide) groups is 1. The van der Waals surface area contributed by atoms with Crippen molar-refractivity contribution in [1.29, 1.82) is 0 Å². The predicted octanol–water partition coefficient (Wildman–Crippen LogP) is 1.49. The van der Waals surface area contributed by atoms with Gasteiger partial charge in [-0.25, -0.2) is 0 Å². The van der Waals surface area contributed by atoms with E-state index in [2.05, 4.69) is 10.6 Å². The quantitative estimate of drug-likeness (QED) is 0.445. The van der Waals surface area contributed by atoms with Gasteiger partial charge in [-0.2, -0.15) is 11.8 Å². The fraction of sp³-hybridized carbons (Fsp3) is 0.364. The number of hydrogen-bond donors (Lipinski definition) is 2. The highest BCUT2D eigenvalue weighted by Gasteiger charge is 2.03. The van der Waals surface area contributed by atoms with Crippen LogP contribution >= 0.6 is 11.8 Å². The van der Waals surface area contributed by atoms with Gasteiger partial charge in [0.1, 0.15) is 0 Å². The van der Waals surface area contributed by atoms with Crippen molar-refractivity contribution in [3.05, 3.63) is 34.4 Å². The van der Waals surface area contributed by atoms with Crippen LogP contribution in [0.3, 0.4) is 0 Å². The molecule has 0 fully saturated rings. The average molecular weight is 269 g/mol. The molecule has 1 aromatic rings. The Labute approximate surface area is 109 Å². The van der Waals surface area contributed by atoms with Crippen LogP contribution in [0.25, 0.3) is 0 Å². The molecule has 1 amide bonds. The van der Waals surface area contributed by atoms with Crippen LogP contribution in [-0.2, 0) is 4.79 Å². The third-order valence-electron chi connectivity index (χ3n) is 2.13.